The number of anilines is 1. The van der Waals surface area contributed by atoms with Gasteiger partial charge in [0.25, 0.3) is 5.91 Å². The molecule has 0 unspecified atom stereocenters. The maximum atomic E-state index is 13.3. The Labute approximate surface area is 176 Å². The molecule has 2 heterocycles. The van der Waals surface area contributed by atoms with Crippen molar-refractivity contribution in [1.82, 2.24) is 0 Å². The van der Waals surface area contributed by atoms with Crippen molar-refractivity contribution in [2.24, 2.45) is 5.73 Å². The summed E-state index contributed by atoms with van der Waals surface area (Å²) in [6.07, 6.45) is 0.293. The minimum Gasteiger partial charge on any atom is -0.493 e. The summed E-state index contributed by atoms with van der Waals surface area (Å²) in [7, 11) is 1.51. The second-order valence-electron chi connectivity index (χ2n) is 6.87. The molecule has 1 aromatic heterocycles. The Morgan fingerprint density at radius 3 is 2.70 bits per heavy atom. The summed E-state index contributed by atoms with van der Waals surface area (Å²) in [5, 5.41) is 4.93. The van der Waals surface area contributed by atoms with E-state index in [2.05, 4.69) is 5.32 Å². The number of thiophene rings is 1. The topological polar surface area (TPSA) is 90.7 Å². The number of nitrogens with two attached hydrogens (primary N) is 1. The van der Waals surface area contributed by atoms with E-state index in [9.17, 15) is 14.0 Å². The Morgan fingerprint density at radius 1 is 1.23 bits per heavy atom. The van der Waals surface area contributed by atoms with Crippen LogP contribution in [0, 0.1) is 5.82 Å². The first-order valence-electron chi connectivity index (χ1n) is 9.22. The van der Waals surface area contributed by atoms with Crippen molar-refractivity contribution < 1.29 is 23.5 Å². The highest BCUT2D eigenvalue weighted by atomic mass is 32.1. The summed E-state index contributed by atoms with van der Waals surface area (Å²) in [6.45, 7) is -0.252. The zero-order chi connectivity index (χ0) is 21.3. The monoisotopic (exact) mass is 426 g/mol. The Balaban J connectivity index is 1.71. The van der Waals surface area contributed by atoms with Gasteiger partial charge in [-0.05, 0) is 35.4 Å². The standard InChI is InChI=1S/C22H19FN2O4S/c1-28-18-8-13(4-7-17(18)29-10-19(24)26)15-9-20(27)25-21-16(11-30-22(15)21)12-2-5-14(23)6-3-12/h2-8,11,15H,9-10H2,1H3,(H2,24,26)(H,25,27)/t15-/m1/s1. The molecule has 0 saturated carbocycles. The van der Waals surface area contributed by atoms with Gasteiger partial charge >= 0.3 is 0 Å². The van der Waals surface area contributed by atoms with Gasteiger partial charge in [-0.25, -0.2) is 4.39 Å². The van der Waals surface area contributed by atoms with E-state index >= 15 is 0 Å². The third-order valence-electron chi connectivity index (χ3n) is 4.91. The zero-order valence-corrected chi connectivity index (χ0v) is 16.9. The molecule has 0 fully saturated rings. The predicted molar refractivity (Wildman–Crippen MR) is 112 cm³/mol. The van der Waals surface area contributed by atoms with Gasteiger partial charge in [0.2, 0.25) is 5.91 Å². The molecule has 0 spiro atoms. The summed E-state index contributed by atoms with van der Waals surface area (Å²) >= 11 is 1.55. The molecule has 154 valence electrons. The Bertz CT molecular complexity index is 1110. The number of carbonyl (C=O) groups is 2. The van der Waals surface area contributed by atoms with Crippen molar-refractivity contribution in [3.63, 3.8) is 0 Å². The van der Waals surface area contributed by atoms with Gasteiger partial charge in [-0.15, -0.1) is 11.3 Å². The first kappa shape index (κ1) is 19.9. The van der Waals surface area contributed by atoms with Gasteiger partial charge in [0, 0.05) is 28.2 Å². The lowest BCUT2D eigenvalue weighted by molar-refractivity contribution is -0.120. The molecule has 0 radical (unpaired) electrons. The second-order valence-corrected chi connectivity index (χ2v) is 7.78. The average Bonchev–Trinajstić information content (AvgIpc) is 3.15. The maximum Gasteiger partial charge on any atom is 0.255 e. The normalized spacial score (nSPS) is 15.3. The predicted octanol–water partition coefficient (Wildman–Crippen LogP) is 3.90. The van der Waals surface area contributed by atoms with Gasteiger partial charge in [0.05, 0.1) is 12.8 Å². The van der Waals surface area contributed by atoms with Crippen LogP contribution in [0.5, 0.6) is 11.5 Å². The molecule has 0 saturated heterocycles. The van der Waals surface area contributed by atoms with Crippen LogP contribution in [-0.2, 0) is 9.59 Å². The van der Waals surface area contributed by atoms with Gasteiger partial charge in [-0.1, -0.05) is 18.2 Å². The first-order valence-corrected chi connectivity index (χ1v) is 10.1. The van der Waals surface area contributed by atoms with Gasteiger partial charge in [-0.3, -0.25) is 9.59 Å². The van der Waals surface area contributed by atoms with E-state index in [0.29, 0.717) is 17.9 Å². The van der Waals surface area contributed by atoms with Crippen LogP contribution in [0.1, 0.15) is 22.8 Å². The fourth-order valence-electron chi connectivity index (χ4n) is 3.51. The second kappa shape index (κ2) is 8.16. The van der Waals surface area contributed by atoms with E-state index in [4.69, 9.17) is 15.2 Å². The molecule has 0 aliphatic carbocycles. The van der Waals surface area contributed by atoms with E-state index in [1.54, 1.807) is 35.6 Å². The lowest BCUT2D eigenvalue weighted by atomic mass is 9.89. The van der Waals surface area contributed by atoms with Crippen molar-refractivity contribution in [2.75, 3.05) is 19.0 Å². The van der Waals surface area contributed by atoms with E-state index in [-0.39, 0.29) is 24.2 Å². The Morgan fingerprint density at radius 2 is 2.00 bits per heavy atom. The molecule has 30 heavy (non-hydrogen) atoms. The number of amides is 2. The summed E-state index contributed by atoms with van der Waals surface area (Å²) < 4.78 is 24.1. The molecule has 1 aliphatic heterocycles. The highest BCUT2D eigenvalue weighted by Crippen LogP contribution is 2.47. The quantitative estimate of drug-likeness (QED) is 0.626. The number of ether oxygens (including phenoxy) is 2. The van der Waals surface area contributed by atoms with Gasteiger partial charge in [0.1, 0.15) is 5.82 Å². The summed E-state index contributed by atoms with van der Waals surface area (Å²) in [5.41, 5.74) is 8.48. The molecular weight excluding hydrogens is 407 g/mol. The van der Waals surface area contributed by atoms with E-state index in [0.717, 1.165) is 27.3 Å². The van der Waals surface area contributed by atoms with Crippen LogP contribution in [0.15, 0.2) is 47.8 Å². The van der Waals surface area contributed by atoms with Crippen LogP contribution in [0.3, 0.4) is 0 Å². The molecule has 1 aliphatic rings. The summed E-state index contributed by atoms with van der Waals surface area (Å²) in [5.74, 6) is -0.290. The fourth-order valence-corrected chi connectivity index (χ4v) is 4.67. The molecule has 6 nitrogen and oxygen atoms in total. The van der Waals surface area contributed by atoms with E-state index < -0.39 is 5.91 Å². The first-order chi connectivity index (χ1) is 14.5. The van der Waals surface area contributed by atoms with Crippen LogP contribution >= 0.6 is 11.3 Å². The van der Waals surface area contributed by atoms with Gasteiger partial charge in [-0.2, -0.15) is 0 Å². The molecule has 0 bridgehead atoms. The van der Waals surface area contributed by atoms with E-state index in [1.807, 2.05) is 11.4 Å². The molecule has 4 rings (SSSR count). The smallest absolute Gasteiger partial charge is 0.255 e. The Kier molecular flexibility index (Phi) is 5.41. The Hall–Kier alpha value is -3.39. The number of nitrogens with one attached hydrogen (secondary N) is 1. The highest BCUT2D eigenvalue weighted by Gasteiger charge is 2.31. The number of hydrogen-bond acceptors (Lipinski definition) is 5. The van der Waals surface area contributed by atoms with Crippen molar-refractivity contribution in [3.8, 4) is 22.6 Å². The summed E-state index contributed by atoms with van der Waals surface area (Å²) in [4.78, 5) is 24.5. The molecule has 2 amide bonds. The molecule has 8 heteroatoms. The third kappa shape index (κ3) is 3.86. The largest absolute Gasteiger partial charge is 0.493 e. The van der Waals surface area contributed by atoms with Crippen LogP contribution in [0.4, 0.5) is 10.1 Å². The van der Waals surface area contributed by atoms with Crippen LogP contribution in [0.2, 0.25) is 0 Å². The number of carbonyl (C=O) groups excluding carboxylic acids is 2. The van der Waals surface area contributed by atoms with E-state index in [1.165, 1.54) is 19.2 Å². The van der Waals surface area contributed by atoms with Crippen LogP contribution in [0.25, 0.3) is 11.1 Å². The van der Waals surface area contributed by atoms with Crippen molar-refractivity contribution in [1.29, 1.82) is 0 Å². The SMILES string of the molecule is COc1cc([C@H]2CC(=O)Nc3c(-c4ccc(F)cc4)csc32)ccc1OCC(N)=O. The lowest BCUT2D eigenvalue weighted by Crippen LogP contribution is -2.22. The molecule has 3 aromatic rings. The number of hydrogen-bond donors (Lipinski definition) is 2. The minimum atomic E-state index is -0.582. The number of methoxy groups -OCH3 is 1. The van der Waals surface area contributed by atoms with Crippen LogP contribution < -0.4 is 20.5 Å². The van der Waals surface area contributed by atoms with Crippen molar-refractivity contribution in [3.05, 3.63) is 64.1 Å². The lowest BCUT2D eigenvalue weighted by Gasteiger charge is -2.24. The molecule has 3 N–H and O–H groups in total. The number of primary amides is 1. The molecule has 2 aromatic carbocycles. The minimum absolute atomic E-state index is 0.0951. The highest BCUT2D eigenvalue weighted by molar-refractivity contribution is 7.11. The van der Waals surface area contributed by atoms with Crippen molar-refractivity contribution in [2.45, 2.75) is 12.3 Å². The number of halogens is 1. The average molecular weight is 426 g/mol. The van der Waals surface area contributed by atoms with Crippen LogP contribution in [-0.4, -0.2) is 25.5 Å². The number of benzene rings is 2. The molecular formula is C22H19FN2O4S. The number of rotatable bonds is 6. The fraction of sp³-hybridized carbons (Fsp3) is 0.182. The zero-order valence-electron chi connectivity index (χ0n) is 16.1. The molecule has 1 atom stereocenters. The van der Waals surface area contributed by atoms with Crippen molar-refractivity contribution >= 4 is 28.8 Å². The maximum absolute atomic E-state index is 13.3. The van der Waals surface area contributed by atoms with Gasteiger partial charge in [0.15, 0.2) is 18.1 Å². The van der Waals surface area contributed by atoms with Gasteiger partial charge < -0.3 is 20.5 Å². The number of fused-ring (bicyclic) bond motifs is 1. The third-order valence-corrected chi connectivity index (χ3v) is 6.00. The summed E-state index contributed by atoms with van der Waals surface area (Å²) in [6, 6.07) is 11.6.